The number of carbonyl (C=O) groups is 1. The lowest BCUT2D eigenvalue weighted by molar-refractivity contribution is -0.134. The average molecular weight is 276 g/mol. The van der Waals surface area contributed by atoms with Crippen molar-refractivity contribution >= 4 is 17.3 Å². The first kappa shape index (κ1) is 13.6. The highest BCUT2D eigenvalue weighted by Gasteiger charge is 2.10. The lowest BCUT2D eigenvalue weighted by atomic mass is 10.2. The number of rotatable bonds is 5. The van der Waals surface area contributed by atoms with Gasteiger partial charge >= 0.3 is 5.97 Å². The van der Waals surface area contributed by atoms with Crippen LogP contribution in [0.5, 0.6) is 11.5 Å². The summed E-state index contributed by atoms with van der Waals surface area (Å²) >= 11 is 1.63. The molecular formula is C15H16O3S. The Kier molecular flexibility index (Phi) is 4.58. The van der Waals surface area contributed by atoms with Crippen molar-refractivity contribution in [3.05, 3.63) is 46.2 Å². The molecule has 0 spiro atoms. The summed E-state index contributed by atoms with van der Waals surface area (Å²) in [6.45, 7) is 1.96. The van der Waals surface area contributed by atoms with Gasteiger partial charge in [0.2, 0.25) is 0 Å². The van der Waals surface area contributed by atoms with E-state index < -0.39 is 0 Å². The molecule has 2 aromatic rings. The lowest BCUT2D eigenvalue weighted by Crippen LogP contribution is -2.09. The monoisotopic (exact) mass is 276 g/mol. The van der Waals surface area contributed by atoms with E-state index in [4.69, 9.17) is 9.47 Å². The predicted molar refractivity (Wildman–Crippen MR) is 76.0 cm³/mol. The smallest absolute Gasteiger partial charge is 0.311 e. The number of aryl methyl sites for hydroxylation is 2. The molecule has 2 rings (SSSR count). The van der Waals surface area contributed by atoms with E-state index in [1.807, 2.05) is 35.9 Å². The Labute approximate surface area is 116 Å². The minimum absolute atomic E-state index is 0.242. The Morgan fingerprint density at radius 2 is 2.11 bits per heavy atom. The maximum absolute atomic E-state index is 11.8. The highest BCUT2D eigenvalue weighted by atomic mass is 32.1. The number of hydrogen-bond acceptors (Lipinski definition) is 4. The Morgan fingerprint density at radius 3 is 2.79 bits per heavy atom. The number of carbonyl (C=O) groups excluding carboxylic acids is 1. The van der Waals surface area contributed by atoms with Gasteiger partial charge in [0.1, 0.15) is 0 Å². The summed E-state index contributed by atoms with van der Waals surface area (Å²) in [5, 5.41) is 4.05. The van der Waals surface area contributed by atoms with Gasteiger partial charge in [-0.3, -0.25) is 4.79 Å². The van der Waals surface area contributed by atoms with Crippen LogP contribution in [0.15, 0.2) is 35.0 Å². The van der Waals surface area contributed by atoms with Crippen molar-refractivity contribution in [2.24, 2.45) is 0 Å². The SMILES string of the molecule is COc1cc(C)ccc1OC(=O)CCc1ccsc1. The van der Waals surface area contributed by atoms with Crippen LogP contribution in [0, 0.1) is 6.92 Å². The maximum atomic E-state index is 11.8. The molecule has 1 heterocycles. The summed E-state index contributed by atoms with van der Waals surface area (Å²) in [4.78, 5) is 11.8. The van der Waals surface area contributed by atoms with E-state index >= 15 is 0 Å². The van der Waals surface area contributed by atoms with Crippen molar-refractivity contribution < 1.29 is 14.3 Å². The molecule has 0 atom stereocenters. The van der Waals surface area contributed by atoms with Crippen LogP contribution in [-0.2, 0) is 11.2 Å². The fourth-order valence-corrected chi connectivity index (χ4v) is 2.42. The van der Waals surface area contributed by atoms with Crippen LogP contribution >= 0.6 is 11.3 Å². The molecule has 0 aliphatic heterocycles. The first-order chi connectivity index (χ1) is 9.19. The summed E-state index contributed by atoms with van der Waals surface area (Å²) in [5.74, 6) is 0.820. The van der Waals surface area contributed by atoms with E-state index in [0.717, 1.165) is 11.1 Å². The first-order valence-electron chi connectivity index (χ1n) is 6.05. The molecule has 1 aromatic heterocycles. The average Bonchev–Trinajstić information content (AvgIpc) is 2.91. The number of benzene rings is 1. The summed E-state index contributed by atoms with van der Waals surface area (Å²) in [6.07, 6.45) is 1.07. The molecule has 4 heteroatoms. The second-order valence-electron chi connectivity index (χ2n) is 4.26. The van der Waals surface area contributed by atoms with Crippen molar-refractivity contribution in [2.45, 2.75) is 19.8 Å². The molecule has 3 nitrogen and oxygen atoms in total. The van der Waals surface area contributed by atoms with Crippen molar-refractivity contribution in [3.63, 3.8) is 0 Å². The summed E-state index contributed by atoms with van der Waals surface area (Å²) in [6, 6.07) is 7.52. The first-order valence-corrected chi connectivity index (χ1v) is 6.99. The Hall–Kier alpha value is -1.81. The molecule has 0 aliphatic rings. The topological polar surface area (TPSA) is 35.5 Å². The van der Waals surface area contributed by atoms with Crippen molar-refractivity contribution in [1.82, 2.24) is 0 Å². The van der Waals surface area contributed by atoms with Gasteiger partial charge in [-0.25, -0.2) is 0 Å². The normalized spacial score (nSPS) is 10.2. The second kappa shape index (κ2) is 6.38. The molecule has 100 valence electrons. The van der Waals surface area contributed by atoms with E-state index in [9.17, 15) is 4.79 Å². The van der Waals surface area contributed by atoms with Gasteiger partial charge in [0, 0.05) is 0 Å². The summed E-state index contributed by atoms with van der Waals surface area (Å²) in [5.41, 5.74) is 2.23. The molecule has 0 saturated carbocycles. The summed E-state index contributed by atoms with van der Waals surface area (Å²) < 4.78 is 10.5. The Bertz CT molecular complexity index is 547. The van der Waals surface area contributed by atoms with Crippen LogP contribution in [-0.4, -0.2) is 13.1 Å². The molecule has 0 N–H and O–H groups in total. The van der Waals surface area contributed by atoms with Gasteiger partial charge in [0.25, 0.3) is 0 Å². The minimum atomic E-state index is -0.242. The van der Waals surface area contributed by atoms with E-state index in [2.05, 4.69) is 0 Å². The largest absolute Gasteiger partial charge is 0.493 e. The number of esters is 1. The third-order valence-corrected chi connectivity index (χ3v) is 3.47. The van der Waals surface area contributed by atoms with E-state index in [0.29, 0.717) is 24.3 Å². The quantitative estimate of drug-likeness (QED) is 0.618. The van der Waals surface area contributed by atoms with Crippen LogP contribution in [0.3, 0.4) is 0 Å². The van der Waals surface area contributed by atoms with Crippen molar-refractivity contribution in [2.75, 3.05) is 7.11 Å². The van der Waals surface area contributed by atoms with Crippen molar-refractivity contribution in [1.29, 1.82) is 0 Å². The molecule has 0 radical (unpaired) electrons. The highest BCUT2D eigenvalue weighted by Crippen LogP contribution is 2.28. The fourth-order valence-electron chi connectivity index (χ4n) is 1.71. The van der Waals surface area contributed by atoms with E-state index in [-0.39, 0.29) is 5.97 Å². The van der Waals surface area contributed by atoms with Crippen LogP contribution < -0.4 is 9.47 Å². The number of thiophene rings is 1. The Balaban J connectivity index is 1.95. The lowest BCUT2D eigenvalue weighted by Gasteiger charge is -2.09. The van der Waals surface area contributed by atoms with Gasteiger partial charge in [-0.05, 0) is 53.4 Å². The van der Waals surface area contributed by atoms with Gasteiger partial charge in [-0.15, -0.1) is 0 Å². The van der Waals surface area contributed by atoms with Gasteiger partial charge in [-0.2, -0.15) is 11.3 Å². The third-order valence-electron chi connectivity index (χ3n) is 2.74. The zero-order chi connectivity index (χ0) is 13.7. The van der Waals surface area contributed by atoms with Gasteiger partial charge in [0.05, 0.1) is 13.5 Å². The number of hydrogen-bond donors (Lipinski definition) is 0. The van der Waals surface area contributed by atoms with Crippen LogP contribution in [0.1, 0.15) is 17.5 Å². The number of methoxy groups -OCH3 is 1. The van der Waals surface area contributed by atoms with Gasteiger partial charge < -0.3 is 9.47 Å². The standard InChI is InChI=1S/C15H16O3S/c1-11-3-5-13(14(9-11)17-2)18-15(16)6-4-12-7-8-19-10-12/h3,5,7-10H,4,6H2,1-2H3. The highest BCUT2D eigenvalue weighted by molar-refractivity contribution is 7.07. The molecule has 19 heavy (non-hydrogen) atoms. The van der Waals surface area contributed by atoms with Crippen LogP contribution in [0.4, 0.5) is 0 Å². The molecule has 0 fully saturated rings. The Morgan fingerprint density at radius 1 is 1.26 bits per heavy atom. The molecular weight excluding hydrogens is 260 g/mol. The van der Waals surface area contributed by atoms with Crippen LogP contribution in [0.25, 0.3) is 0 Å². The zero-order valence-electron chi connectivity index (χ0n) is 11.0. The fraction of sp³-hybridized carbons (Fsp3) is 0.267. The molecule has 0 unspecified atom stereocenters. The third kappa shape index (κ3) is 3.83. The second-order valence-corrected chi connectivity index (χ2v) is 5.04. The van der Waals surface area contributed by atoms with Crippen molar-refractivity contribution in [3.8, 4) is 11.5 Å². The van der Waals surface area contributed by atoms with Gasteiger partial charge in [0.15, 0.2) is 11.5 Å². The summed E-state index contributed by atoms with van der Waals surface area (Å²) in [7, 11) is 1.57. The molecule has 0 aliphatic carbocycles. The van der Waals surface area contributed by atoms with E-state index in [1.54, 1.807) is 24.5 Å². The molecule has 0 bridgehead atoms. The molecule has 0 saturated heterocycles. The van der Waals surface area contributed by atoms with Gasteiger partial charge in [-0.1, -0.05) is 6.07 Å². The zero-order valence-corrected chi connectivity index (χ0v) is 11.8. The van der Waals surface area contributed by atoms with Crippen LogP contribution in [0.2, 0.25) is 0 Å². The number of ether oxygens (including phenoxy) is 2. The maximum Gasteiger partial charge on any atom is 0.311 e. The minimum Gasteiger partial charge on any atom is -0.493 e. The predicted octanol–water partition coefficient (Wildman–Crippen LogP) is 3.60. The van der Waals surface area contributed by atoms with E-state index in [1.165, 1.54) is 0 Å². The molecule has 0 amide bonds. The molecule has 1 aromatic carbocycles.